The highest BCUT2D eigenvalue weighted by molar-refractivity contribution is 7.89. The van der Waals surface area contributed by atoms with Crippen molar-refractivity contribution in [1.82, 2.24) is 9.62 Å². The number of hydrogen-bond acceptors (Lipinski definition) is 4. The van der Waals surface area contributed by atoms with E-state index in [9.17, 15) is 13.2 Å². The average Bonchev–Trinajstić information content (AvgIpc) is 2.64. The molecule has 0 radical (unpaired) electrons. The van der Waals surface area contributed by atoms with Crippen LogP contribution in [0.25, 0.3) is 0 Å². The Morgan fingerprint density at radius 1 is 1.07 bits per heavy atom. The minimum absolute atomic E-state index is 0.0405. The van der Waals surface area contributed by atoms with E-state index in [1.165, 1.54) is 12.1 Å². The maximum Gasteiger partial charge on any atom is 0.240 e. The lowest BCUT2D eigenvalue weighted by molar-refractivity contribution is -0.131. The molecule has 0 atom stereocenters. The van der Waals surface area contributed by atoms with Crippen molar-refractivity contribution in [1.29, 1.82) is 0 Å². The Balaban J connectivity index is 1.53. The van der Waals surface area contributed by atoms with Gasteiger partial charge >= 0.3 is 0 Å². The van der Waals surface area contributed by atoms with Gasteiger partial charge in [0.15, 0.2) is 0 Å². The number of nitrogens with two attached hydrogens (primary N) is 1. The minimum atomic E-state index is -3.59. The smallest absolute Gasteiger partial charge is 0.240 e. The summed E-state index contributed by atoms with van der Waals surface area (Å²) in [4.78, 5) is 14.4. The van der Waals surface area contributed by atoms with Gasteiger partial charge in [-0.05, 0) is 54.8 Å². The molecule has 1 aliphatic heterocycles. The van der Waals surface area contributed by atoms with Gasteiger partial charge in [0.2, 0.25) is 15.9 Å². The van der Waals surface area contributed by atoms with E-state index >= 15 is 0 Å². The van der Waals surface area contributed by atoms with Crippen LogP contribution in [-0.4, -0.2) is 38.4 Å². The van der Waals surface area contributed by atoms with Crippen molar-refractivity contribution in [2.75, 3.05) is 18.8 Å². The summed E-state index contributed by atoms with van der Waals surface area (Å²) in [5.41, 5.74) is 7.24. The number of rotatable bonds is 5. The molecule has 8 heteroatoms. The fraction of sp³-hybridized carbons (Fsp3) is 0.316. The molecule has 0 saturated carbocycles. The highest BCUT2D eigenvalue weighted by Crippen LogP contribution is 2.18. The molecule has 1 heterocycles. The quantitative estimate of drug-likeness (QED) is 0.744. The van der Waals surface area contributed by atoms with Crippen LogP contribution in [0.1, 0.15) is 18.4 Å². The van der Waals surface area contributed by atoms with E-state index in [0.29, 0.717) is 43.1 Å². The SMILES string of the molecule is Nc1ccc(CC(=O)N2CCC(NS(=O)(=O)c3ccc(Cl)cc3)CC2)cc1. The Labute approximate surface area is 164 Å². The van der Waals surface area contributed by atoms with Gasteiger partial charge in [0.1, 0.15) is 0 Å². The van der Waals surface area contributed by atoms with Crippen molar-refractivity contribution in [3.63, 3.8) is 0 Å². The van der Waals surface area contributed by atoms with Crippen molar-refractivity contribution in [2.24, 2.45) is 0 Å². The minimum Gasteiger partial charge on any atom is -0.399 e. The van der Waals surface area contributed by atoms with Gasteiger partial charge in [-0.15, -0.1) is 0 Å². The van der Waals surface area contributed by atoms with Crippen LogP contribution in [0.4, 0.5) is 5.69 Å². The second kappa shape index (κ2) is 8.29. The first kappa shape index (κ1) is 19.7. The van der Waals surface area contributed by atoms with Crippen molar-refractivity contribution in [3.05, 3.63) is 59.1 Å². The summed E-state index contributed by atoms with van der Waals surface area (Å²) in [6, 6.07) is 13.1. The molecule has 3 rings (SSSR count). The Bertz CT molecular complexity index is 891. The number of nitrogens with one attached hydrogen (secondary N) is 1. The molecular formula is C19H22ClN3O3S. The van der Waals surface area contributed by atoms with Crippen LogP contribution in [0.2, 0.25) is 5.02 Å². The number of hydrogen-bond donors (Lipinski definition) is 2. The van der Waals surface area contributed by atoms with E-state index in [0.717, 1.165) is 5.56 Å². The monoisotopic (exact) mass is 407 g/mol. The number of carbonyl (C=O) groups is 1. The van der Waals surface area contributed by atoms with E-state index in [1.54, 1.807) is 29.2 Å². The molecule has 1 saturated heterocycles. The molecule has 3 N–H and O–H groups in total. The zero-order chi connectivity index (χ0) is 19.4. The van der Waals surface area contributed by atoms with Gasteiger partial charge in [0.25, 0.3) is 0 Å². The van der Waals surface area contributed by atoms with Gasteiger partial charge < -0.3 is 10.6 Å². The molecule has 2 aromatic rings. The molecular weight excluding hydrogens is 386 g/mol. The summed E-state index contributed by atoms with van der Waals surface area (Å²) in [6.45, 7) is 1.06. The Kier molecular flexibility index (Phi) is 6.04. The van der Waals surface area contributed by atoms with Gasteiger partial charge in [0.05, 0.1) is 11.3 Å². The second-order valence-electron chi connectivity index (χ2n) is 6.65. The Morgan fingerprint density at radius 2 is 1.67 bits per heavy atom. The van der Waals surface area contributed by atoms with Gasteiger partial charge in [-0.25, -0.2) is 13.1 Å². The van der Waals surface area contributed by atoms with Crippen molar-refractivity contribution < 1.29 is 13.2 Å². The van der Waals surface area contributed by atoms with Crippen molar-refractivity contribution in [3.8, 4) is 0 Å². The third-order valence-corrected chi connectivity index (χ3v) is 6.42. The summed E-state index contributed by atoms with van der Waals surface area (Å²) in [6.07, 6.45) is 1.49. The first-order valence-electron chi connectivity index (χ1n) is 8.73. The van der Waals surface area contributed by atoms with Crippen LogP contribution in [-0.2, 0) is 21.2 Å². The zero-order valence-electron chi connectivity index (χ0n) is 14.8. The fourth-order valence-corrected chi connectivity index (χ4v) is 4.50. The first-order chi connectivity index (χ1) is 12.8. The molecule has 0 bridgehead atoms. The number of piperidine rings is 1. The molecule has 0 aliphatic carbocycles. The molecule has 1 fully saturated rings. The van der Waals surface area contributed by atoms with E-state index in [4.69, 9.17) is 17.3 Å². The van der Waals surface area contributed by atoms with Gasteiger partial charge in [-0.1, -0.05) is 23.7 Å². The van der Waals surface area contributed by atoms with Crippen molar-refractivity contribution >= 4 is 33.2 Å². The van der Waals surface area contributed by atoms with Crippen LogP contribution in [0.3, 0.4) is 0 Å². The zero-order valence-corrected chi connectivity index (χ0v) is 16.3. The summed E-state index contributed by atoms with van der Waals surface area (Å²) in [5.74, 6) is 0.0405. The number of nitrogen functional groups attached to an aromatic ring is 1. The molecule has 144 valence electrons. The molecule has 6 nitrogen and oxygen atoms in total. The van der Waals surface area contributed by atoms with Crippen LogP contribution >= 0.6 is 11.6 Å². The fourth-order valence-electron chi connectivity index (χ4n) is 3.07. The number of carbonyl (C=O) groups excluding carboxylic acids is 1. The standard InChI is InChI=1S/C19H22ClN3O3S/c20-15-3-7-18(8-4-15)27(25,26)22-17-9-11-23(12-10-17)19(24)13-14-1-5-16(21)6-2-14/h1-8,17,22H,9-13,21H2. The number of nitrogens with zero attached hydrogens (tertiary/aromatic N) is 1. The third-order valence-electron chi connectivity index (χ3n) is 4.63. The van der Waals surface area contributed by atoms with E-state index in [2.05, 4.69) is 4.72 Å². The lowest BCUT2D eigenvalue weighted by Gasteiger charge is -2.32. The topological polar surface area (TPSA) is 92.5 Å². The number of anilines is 1. The maximum absolute atomic E-state index is 12.5. The number of sulfonamides is 1. The summed E-state index contributed by atoms with van der Waals surface area (Å²) < 4.78 is 27.6. The van der Waals surface area contributed by atoms with Gasteiger partial charge in [0, 0.05) is 29.8 Å². The number of benzene rings is 2. The first-order valence-corrected chi connectivity index (χ1v) is 10.6. The molecule has 1 amide bonds. The van der Waals surface area contributed by atoms with E-state index < -0.39 is 10.0 Å². The number of likely N-dealkylation sites (tertiary alicyclic amines) is 1. The predicted octanol–water partition coefficient (Wildman–Crippen LogP) is 2.43. The summed E-state index contributed by atoms with van der Waals surface area (Å²) in [7, 11) is -3.59. The van der Waals surface area contributed by atoms with Crippen LogP contribution < -0.4 is 10.5 Å². The number of halogens is 1. The summed E-state index contributed by atoms with van der Waals surface area (Å²) >= 11 is 5.81. The van der Waals surface area contributed by atoms with Crippen molar-refractivity contribution in [2.45, 2.75) is 30.2 Å². The molecule has 27 heavy (non-hydrogen) atoms. The third kappa shape index (κ3) is 5.22. The molecule has 0 unspecified atom stereocenters. The highest BCUT2D eigenvalue weighted by atomic mass is 35.5. The largest absolute Gasteiger partial charge is 0.399 e. The van der Waals surface area contributed by atoms with E-state index in [1.807, 2.05) is 12.1 Å². The lowest BCUT2D eigenvalue weighted by atomic mass is 10.0. The molecule has 0 spiro atoms. The predicted molar refractivity (Wildman–Crippen MR) is 106 cm³/mol. The van der Waals surface area contributed by atoms with E-state index in [-0.39, 0.29) is 16.8 Å². The normalized spacial score (nSPS) is 15.7. The lowest BCUT2D eigenvalue weighted by Crippen LogP contribution is -2.46. The van der Waals surface area contributed by atoms with Gasteiger partial charge in [-0.3, -0.25) is 4.79 Å². The average molecular weight is 408 g/mol. The maximum atomic E-state index is 12.5. The molecule has 1 aliphatic rings. The molecule has 2 aromatic carbocycles. The Morgan fingerprint density at radius 3 is 2.26 bits per heavy atom. The molecule has 0 aromatic heterocycles. The Hall–Kier alpha value is -2.09. The highest BCUT2D eigenvalue weighted by Gasteiger charge is 2.26. The van der Waals surface area contributed by atoms with Crippen LogP contribution in [0, 0.1) is 0 Å². The second-order valence-corrected chi connectivity index (χ2v) is 8.80. The number of amides is 1. The van der Waals surface area contributed by atoms with Crippen LogP contribution in [0.5, 0.6) is 0 Å². The van der Waals surface area contributed by atoms with Crippen LogP contribution in [0.15, 0.2) is 53.4 Å². The van der Waals surface area contributed by atoms with Gasteiger partial charge in [-0.2, -0.15) is 0 Å². The summed E-state index contributed by atoms with van der Waals surface area (Å²) in [5, 5.41) is 0.488.